The number of hydrogen-bond donors (Lipinski definition) is 1. The molecule has 0 bridgehead atoms. The number of ether oxygens (including phenoxy) is 1. The van der Waals surface area contributed by atoms with Crippen LogP contribution in [0.25, 0.3) is 10.8 Å². The number of nitrogens with one attached hydrogen (secondary N) is 1. The summed E-state index contributed by atoms with van der Waals surface area (Å²) in [5, 5.41) is 4.88. The van der Waals surface area contributed by atoms with Crippen molar-refractivity contribution in [3.05, 3.63) is 42.0 Å². The van der Waals surface area contributed by atoms with E-state index in [1.54, 1.807) is 6.07 Å². The molecule has 0 saturated heterocycles. The summed E-state index contributed by atoms with van der Waals surface area (Å²) in [5.74, 6) is 0.836. The van der Waals surface area contributed by atoms with Crippen molar-refractivity contribution in [2.75, 3.05) is 6.61 Å². The molecule has 1 aliphatic carbocycles. The second kappa shape index (κ2) is 7.47. The zero-order chi connectivity index (χ0) is 16.9. The fraction of sp³-hybridized carbons (Fsp3) is 0.400. The number of carbonyl (C=O) groups excluding carboxylic acids is 2. The van der Waals surface area contributed by atoms with E-state index in [0.29, 0.717) is 17.2 Å². The third-order valence-electron chi connectivity index (χ3n) is 4.87. The molecule has 0 spiro atoms. The highest BCUT2D eigenvalue weighted by Gasteiger charge is 2.23. The molecule has 0 radical (unpaired) electrons. The second-order valence-electron chi connectivity index (χ2n) is 6.54. The summed E-state index contributed by atoms with van der Waals surface area (Å²) < 4.78 is 5.63. The number of fused-ring (bicyclic) bond motifs is 1. The van der Waals surface area contributed by atoms with Gasteiger partial charge in [-0.1, -0.05) is 50.1 Å². The van der Waals surface area contributed by atoms with Gasteiger partial charge < -0.3 is 10.1 Å². The highest BCUT2D eigenvalue weighted by molar-refractivity contribution is 6.00. The molecule has 1 N–H and O–H groups in total. The topological polar surface area (TPSA) is 55.4 Å². The van der Waals surface area contributed by atoms with Crippen LogP contribution in [0.2, 0.25) is 0 Å². The Morgan fingerprint density at radius 2 is 2.00 bits per heavy atom. The van der Waals surface area contributed by atoms with Crippen molar-refractivity contribution in [1.29, 1.82) is 0 Å². The first-order chi connectivity index (χ1) is 11.7. The maximum Gasteiger partial charge on any atom is 0.258 e. The first kappa shape index (κ1) is 16.5. The van der Waals surface area contributed by atoms with Gasteiger partial charge in [0.05, 0.1) is 5.56 Å². The Labute approximate surface area is 142 Å². The summed E-state index contributed by atoms with van der Waals surface area (Å²) >= 11 is 0. The van der Waals surface area contributed by atoms with Crippen molar-refractivity contribution in [3.63, 3.8) is 0 Å². The molecular weight excluding hydrogens is 302 g/mol. The van der Waals surface area contributed by atoms with Crippen LogP contribution in [0.1, 0.15) is 43.0 Å². The molecule has 2 aromatic rings. The predicted molar refractivity (Wildman–Crippen MR) is 94.4 cm³/mol. The van der Waals surface area contributed by atoms with Crippen LogP contribution in [0.3, 0.4) is 0 Å². The smallest absolute Gasteiger partial charge is 0.258 e. The number of amides is 1. The monoisotopic (exact) mass is 325 g/mol. The molecule has 1 saturated carbocycles. The minimum atomic E-state index is -0.126. The van der Waals surface area contributed by atoms with Crippen LogP contribution in [-0.2, 0) is 4.79 Å². The van der Waals surface area contributed by atoms with E-state index in [1.807, 2.05) is 30.3 Å². The van der Waals surface area contributed by atoms with Gasteiger partial charge in [-0.3, -0.25) is 9.59 Å². The Morgan fingerprint density at radius 1 is 1.21 bits per heavy atom. The minimum absolute atomic E-state index is 0.0671. The van der Waals surface area contributed by atoms with Crippen molar-refractivity contribution < 1.29 is 14.3 Å². The second-order valence-corrected chi connectivity index (χ2v) is 6.54. The first-order valence-corrected chi connectivity index (χ1v) is 8.58. The summed E-state index contributed by atoms with van der Waals surface area (Å²) in [7, 11) is 0. The molecule has 1 aliphatic rings. The molecule has 1 amide bonds. The fourth-order valence-corrected chi connectivity index (χ4v) is 3.45. The molecule has 0 aromatic heterocycles. The molecule has 4 heteroatoms. The average molecular weight is 325 g/mol. The third kappa shape index (κ3) is 3.58. The normalized spacial score (nSPS) is 20.5. The maximum absolute atomic E-state index is 12.2. The van der Waals surface area contributed by atoms with Gasteiger partial charge in [-0.15, -0.1) is 0 Å². The SMILES string of the molecule is CC1CCCCC1NC(=O)COc1ccc2ccccc2c1C=O. The zero-order valence-corrected chi connectivity index (χ0v) is 14.0. The number of benzene rings is 2. The Bertz CT molecular complexity index is 741. The molecular formula is C20H23NO3. The molecule has 2 aromatic carbocycles. The maximum atomic E-state index is 12.2. The van der Waals surface area contributed by atoms with Gasteiger partial charge >= 0.3 is 0 Å². The number of aldehydes is 1. The van der Waals surface area contributed by atoms with Crippen LogP contribution in [-0.4, -0.2) is 24.8 Å². The molecule has 3 rings (SSSR count). The average Bonchev–Trinajstić information content (AvgIpc) is 2.61. The quantitative estimate of drug-likeness (QED) is 0.852. The van der Waals surface area contributed by atoms with E-state index >= 15 is 0 Å². The van der Waals surface area contributed by atoms with Crippen LogP contribution in [0.15, 0.2) is 36.4 Å². The van der Waals surface area contributed by atoms with Crippen LogP contribution in [0.4, 0.5) is 0 Å². The molecule has 24 heavy (non-hydrogen) atoms. The van der Waals surface area contributed by atoms with Crippen molar-refractivity contribution >= 4 is 23.0 Å². The first-order valence-electron chi connectivity index (χ1n) is 8.58. The molecule has 126 valence electrons. The lowest BCUT2D eigenvalue weighted by Crippen LogP contribution is -2.43. The Morgan fingerprint density at radius 3 is 2.79 bits per heavy atom. The lowest BCUT2D eigenvalue weighted by Gasteiger charge is -2.29. The van der Waals surface area contributed by atoms with Gasteiger partial charge in [0.15, 0.2) is 12.9 Å². The molecule has 0 aliphatic heterocycles. The minimum Gasteiger partial charge on any atom is -0.483 e. The van der Waals surface area contributed by atoms with E-state index < -0.39 is 0 Å². The van der Waals surface area contributed by atoms with E-state index in [1.165, 1.54) is 6.42 Å². The van der Waals surface area contributed by atoms with Gasteiger partial charge in [0, 0.05) is 6.04 Å². The number of hydrogen-bond acceptors (Lipinski definition) is 3. The van der Waals surface area contributed by atoms with Crippen LogP contribution >= 0.6 is 0 Å². The molecule has 2 unspecified atom stereocenters. The number of carbonyl (C=O) groups is 2. The molecule has 1 fully saturated rings. The van der Waals surface area contributed by atoms with Gasteiger partial charge in [-0.25, -0.2) is 0 Å². The summed E-state index contributed by atoms with van der Waals surface area (Å²) in [6.45, 7) is 2.11. The summed E-state index contributed by atoms with van der Waals surface area (Å²) in [4.78, 5) is 23.6. The van der Waals surface area contributed by atoms with Crippen molar-refractivity contribution in [2.24, 2.45) is 5.92 Å². The standard InChI is InChI=1S/C20H23NO3/c1-14-6-2-5-9-18(14)21-20(23)13-24-19-11-10-15-7-3-4-8-16(15)17(19)12-22/h3-4,7-8,10-12,14,18H,2,5-6,9,13H2,1H3,(H,21,23). The van der Waals surface area contributed by atoms with E-state index in [2.05, 4.69) is 12.2 Å². The Balaban J connectivity index is 1.67. The largest absolute Gasteiger partial charge is 0.483 e. The van der Waals surface area contributed by atoms with Gasteiger partial charge in [0.2, 0.25) is 0 Å². The molecule has 4 nitrogen and oxygen atoms in total. The van der Waals surface area contributed by atoms with Crippen LogP contribution < -0.4 is 10.1 Å². The van der Waals surface area contributed by atoms with E-state index in [4.69, 9.17) is 4.74 Å². The van der Waals surface area contributed by atoms with Crippen LogP contribution in [0, 0.1) is 5.92 Å². The van der Waals surface area contributed by atoms with Gasteiger partial charge in [0.1, 0.15) is 5.75 Å². The Hall–Kier alpha value is -2.36. The van der Waals surface area contributed by atoms with E-state index in [9.17, 15) is 9.59 Å². The summed E-state index contributed by atoms with van der Waals surface area (Å²) in [6, 6.07) is 11.5. The van der Waals surface area contributed by atoms with Gasteiger partial charge in [-0.05, 0) is 35.6 Å². The van der Waals surface area contributed by atoms with Crippen molar-refractivity contribution in [2.45, 2.75) is 38.6 Å². The van der Waals surface area contributed by atoms with E-state index in [-0.39, 0.29) is 18.6 Å². The molecule has 2 atom stereocenters. The predicted octanol–water partition coefficient (Wildman–Crippen LogP) is 3.73. The highest BCUT2D eigenvalue weighted by Crippen LogP contribution is 2.27. The van der Waals surface area contributed by atoms with Crippen molar-refractivity contribution in [1.82, 2.24) is 5.32 Å². The molecule has 0 heterocycles. The van der Waals surface area contributed by atoms with E-state index in [0.717, 1.165) is 36.3 Å². The summed E-state index contributed by atoms with van der Waals surface area (Å²) in [5.41, 5.74) is 0.493. The lowest BCUT2D eigenvalue weighted by atomic mass is 9.86. The lowest BCUT2D eigenvalue weighted by molar-refractivity contribution is -0.124. The van der Waals surface area contributed by atoms with Crippen LogP contribution in [0.5, 0.6) is 5.75 Å². The zero-order valence-electron chi connectivity index (χ0n) is 14.0. The highest BCUT2D eigenvalue weighted by atomic mass is 16.5. The number of rotatable bonds is 5. The third-order valence-corrected chi connectivity index (χ3v) is 4.87. The van der Waals surface area contributed by atoms with Gasteiger partial charge in [-0.2, -0.15) is 0 Å². The Kier molecular flexibility index (Phi) is 5.14. The van der Waals surface area contributed by atoms with Gasteiger partial charge in [0.25, 0.3) is 5.91 Å². The summed E-state index contributed by atoms with van der Waals surface area (Å²) in [6.07, 6.45) is 5.38. The van der Waals surface area contributed by atoms with Crippen molar-refractivity contribution in [3.8, 4) is 5.75 Å². The fourth-order valence-electron chi connectivity index (χ4n) is 3.45.